The van der Waals surface area contributed by atoms with E-state index in [1.165, 1.54) is 0 Å². The molecule has 2 N–H and O–H groups in total. The van der Waals surface area contributed by atoms with E-state index < -0.39 is 5.97 Å². The van der Waals surface area contributed by atoms with E-state index in [0.29, 0.717) is 19.6 Å². The van der Waals surface area contributed by atoms with Crippen molar-refractivity contribution >= 4 is 11.9 Å². The average molecular weight is 296 g/mol. The highest BCUT2D eigenvalue weighted by Crippen LogP contribution is 2.29. The summed E-state index contributed by atoms with van der Waals surface area (Å²) in [6.07, 6.45) is 3.77. The van der Waals surface area contributed by atoms with Gasteiger partial charge in [-0.2, -0.15) is 0 Å². The third kappa shape index (κ3) is 5.87. The number of nitrogens with one attached hydrogen (secondary N) is 1. The normalized spacial score (nSPS) is 21.8. The van der Waals surface area contributed by atoms with Gasteiger partial charge >= 0.3 is 5.97 Å². The van der Waals surface area contributed by atoms with E-state index in [1.807, 2.05) is 13.8 Å². The van der Waals surface area contributed by atoms with Gasteiger partial charge in [0.2, 0.25) is 5.91 Å². The van der Waals surface area contributed by atoms with Gasteiger partial charge in [-0.3, -0.25) is 9.59 Å². The molecule has 5 nitrogen and oxygen atoms in total. The van der Waals surface area contributed by atoms with E-state index in [9.17, 15) is 14.7 Å². The molecule has 2 unspecified atom stereocenters. The molecule has 0 saturated heterocycles. The molecule has 1 aliphatic carbocycles. The number of carbonyl (C=O) groups is 2. The highest BCUT2D eigenvalue weighted by Gasteiger charge is 2.30. The number of aliphatic carboxylic acids is 1. The van der Waals surface area contributed by atoms with Gasteiger partial charge in [0.05, 0.1) is 12.5 Å². The first-order valence-corrected chi connectivity index (χ1v) is 7.81. The van der Waals surface area contributed by atoms with E-state index in [1.54, 1.807) is 4.90 Å². The minimum Gasteiger partial charge on any atom is -0.481 e. The summed E-state index contributed by atoms with van der Waals surface area (Å²) >= 11 is 0. The number of hydrogen-bond donors (Lipinski definition) is 2. The van der Waals surface area contributed by atoms with Crippen molar-refractivity contribution in [1.29, 1.82) is 0 Å². The molecule has 0 spiro atoms. The summed E-state index contributed by atoms with van der Waals surface area (Å²) in [7, 11) is 0. The summed E-state index contributed by atoms with van der Waals surface area (Å²) < 4.78 is 0. The largest absolute Gasteiger partial charge is 0.481 e. The van der Waals surface area contributed by atoms with Gasteiger partial charge in [0.1, 0.15) is 0 Å². The Bertz CT molecular complexity index is 382. The molecule has 21 heavy (non-hydrogen) atoms. The van der Waals surface area contributed by atoms with Crippen LogP contribution in [0.25, 0.3) is 0 Å². The SMILES string of the molecule is C=C(C)CN(CC)C(=O)CNCC1CCCCC1C(=O)O. The lowest BCUT2D eigenvalue weighted by Crippen LogP contribution is -2.42. The molecule has 1 aliphatic rings. The predicted octanol–water partition coefficient (Wildman–Crippen LogP) is 1.89. The van der Waals surface area contributed by atoms with Crippen molar-refractivity contribution in [3.8, 4) is 0 Å². The van der Waals surface area contributed by atoms with Crippen LogP contribution in [0.15, 0.2) is 12.2 Å². The van der Waals surface area contributed by atoms with Crippen molar-refractivity contribution in [1.82, 2.24) is 10.2 Å². The number of nitrogens with zero attached hydrogens (tertiary/aromatic N) is 1. The quantitative estimate of drug-likeness (QED) is 0.671. The van der Waals surface area contributed by atoms with Crippen molar-refractivity contribution in [2.45, 2.75) is 39.5 Å². The molecule has 0 bridgehead atoms. The number of rotatable bonds is 8. The van der Waals surface area contributed by atoms with Crippen molar-refractivity contribution in [3.63, 3.8) is 0 Å². The Morgan fingerprint density at radius 2 is 2.00 bits per heavy atom. The second kappa shape index (κ2) is 8.82. The molecular formula is C16H28N2O3. The lowest BCUT2D eigenvalue weighted by Gasteiger charge is -2.29. The molecule has 5 heteroatoms. The van der Waals surface area contributed by atoms with Crippen LogP contribution < -0.4 is 5.32 Å². The van der Waals surface area contributed by atoms with Crippen molar-refractivity contribution in [3.05, 3.63) is 12.2 Å². The smallest absolute Gasteiger partial charge is 0.306 e. The van der Waals surface area contributed by atoms with Crippen molar-refractivity contribution in [2.75, 3.05) is 26.2 Å². The summed E-state index contributed by atoms with van der Waals surface area (Å²) in [6, 6.07) is 0. The summed E-state index contributed by atoms with van der Waals surface area (Å²) in [5, 5.41) is 12.4. The molecule has 0 heterocycles. The summed E-state index contributed by atoms with van der Waals surface area (Å²) in [5.41, 5.74) is 0.962. The Hall–Kier alpha value is -1.36. The monoisotopic (exact) mass is 296 g/mol. The third-order valence-electron chi connectivity index (χ3n) is 4.10. The second-order valence-electron chi connectivity index (χ2n) is 5.99. The van der Waals surface area contributed by atoms with Gasteiger partial charge in [-0.15, -0.1) is 0 Å². The van der Waals surface area contributed by atoms with Crippen LogP contribution in [0.1, 0.15) is 39.5 Å². The fourth-order valence-corrected chi connectivity index (χ4v) is 2.96. The van der Waals surface area contributed by atoms with E-state index in [2.05, 4.69) is 11.9 Å². The topological polar surface area (TPSA) is 69.6 Å². The Balaban J connectivity index is 2.38. The lowest BCUT2D eigenvalue weighted by atomic mass is 9.79. The van der Waals surface area contributed by atoms with Gasteiger partial charge < -0.3 is 15.3 Å². The van der Waals surface area contributed by atoms with Crippen molar-refractivity contribution < 1.29 is 14.7 Å². The minimum absolute atomic E-state index is 0.0446. The maximum absolute atomic E-state index is 12.1. The molecule has 1 rings (SSSR count). The van der Waals surface area contributed by atoms with Crippen LogP contribution in [-0.2, 0) is 9.59 Å². The fraction of sp³-hybridized carbons (Fsp3) is 0.750. The maximum Gasteiger partial charge on any atom is 0.306 e. The van der Waals surface area contributed by atoms with Gasteiger partial charge in [0.15, 0.2) is 0 Å². The molecule has 1 amide bonds. The summed E-state index contributed by atoms with van der Waals surface area (Å²) in [6.45, 7) is 9.80. The molecule has 0 aromatic heterocycles. The molecule has 0 aromatic rings. The van der Waals surface area contributed by atoms with Crippen LogP contribution in [0.5, 0.6) is 0 Å². The number of carbonyl (C=O) groups excluding carboxylic acids is 1. The first-order chi connectivity index (χ1) is 9.95. The van der Waals surface area contributed by atoms with Crippen LogP contribution in [0.2, 0.25) is 0 Å². The van der Waals surface area contributed by atoms with Gasteiger partial charge in [0, 0.05) is 13.1 Å². The predicted molar refractivity (Wildman–Crippen MR) is 83.0 cm³/mol. The van der Waals surface area contributed by atoms with Gasteiger partial charge in [0.25, 0.3) is 0 Å². The molecule has 2 atom stereocenters. The number of amides is 1. The minimum atomic E-state index is -0.703. The highest BCUT2D eigenvalue weighted by atomic mass is 16.4. The zero-order chi connectivity index (χ0) is 15.8. The van der Waals surface area contributed by atoms with Crippen LogP contribution in [-0.4, -0.2) is 48.1 Å². The Morgan fingerprint density at radius 3 is 2.57 bits per heavy atom. The van der Waals surface area contributed by atoms with Gasteiger partial charge in [-0.25, -0.2) is 0 Å². The molecule has 1 saturated carbocycles. The second-order valence-corrected chi connectivity index (χ2v) is 5.99. The molecule has 0 aromatic carbocycles. The van der Waals surface area contributed by atoms with E-state index in [-0.39, 0.29) is 24.3 Å². The van der Waals surface area contributed by atoms with Crippen LogP contribution >= 0.6 is 0 Å². The molecule has 0 radical (unpaired) electrons. The van der Waals surface area contributed by atoms with Crippen LogP contribution in [0, 0.1) is 11.8 Å². The summed E-state index contributed by atoms with van der Waals surface area (Å²) in [5.74, 6) is -0.784. The number of hydrogen-bond acceptors (Lipinski definition) is 3. The maximum atomic E-state index is 12.1. The number of carboxylic acid groups (broad SMARTS) is 1. The molecule has 0 aliphatic heterocycles. The summed E-state index contributed by atoms with van der Waals surface area (Å²) in [4.78, 5) is 25.1. The van der Waals surface area contributed by atoms with E-state index in [0.717, 1.165) is 31.3 Å². The van der Waals surface area contributed by atoms with Crippen LogP contribution in [0.4, 0.5) is 0 Å². The number of likely N-dealkylation sites (N-methyl/N-ethyl adjacent to an activating group) is 1. The average Bonchev–Trinajstić information content (AvgIpc) is 2.44. The molecular weight excluding hydrogens is 268 g/mol. The first kappa shape index (κ1) is 17.7. The van der Waals surface area contributed by atoms with E-state index >= 15 is 0 Å². The van der Waals surface area contributed by atoms with Crippen molar-refractivity contribution in [2.24, 2.45) is 11.8 Å². The highest BCUT2D eigenvalue weighted by molar-refractivity contribution is 5.78. The third-order valence-corrected chi connectivity index (χ3v) is 4.10. The molecule has 120 valence electrons. The van der Waals surface area contributed by atoms with Crippen LogP contribution in [0.3, 0.4) is 0 Å². The first-order valence-electron chi connectivity index (χ1n) is 7.81. The standard InChI is InChI=1S/C16H28N2O3/c1-4-18(11-12(2)3)15(19)10-17-9-13-7-5-6-8-14(13)16(20)21/h13-14,17H,2,4-11H2,1,3H3,(H,20,21). The number of carboxylic acids is 1. The Kier molecular flexibility index (Phi) is 7.43. The molecule has 1 fully saturated rings. The Morgan fingerprint density at radius 1 is 1.33 bits per heavy atom. The zero-order valence-corrected chi connectivity index (χ0v) is 13.2. The van der Waals surface area contributed by atoms with Gasteiger partial charge in [-0.05, 0) is 39.2 Å². The zero-order valence-electron chi connectivity index (χ0n) is 13.2. The Labute approximate surface area is 127 Å². The van der Waals surface area contributed by atoms with Gasteiger partial charge in [-0.1, -0.05) is 25.0 Å². The fourth-order valence-electron chi connectivity index (χ4n) is 2.96. The van der Waals surface area contributed by atoms with E-state index in [4.69, 9.17) is 0 Å². The lowest BCUT2D eigenvalue weighted by molar-refractivity contribution is -0.144.